The van der Waals surface area contributed by atoms with Crippen LogP contribution in [0.25, 0.3) is 39.4 Å². The van der Waals surface area contributed by atoms with Crippen LogP contribution >= 0.6 is 0 Å². The predicted octanol–water partition coefficient (Wildman–Crippen LogP) is 4.40. The third kappa shape index (κ3) is 3.91. The quantitative estimate of drug-likeness (QED) is 0.431. The van der Waals surface area contributed by atoms with Crippen LogP contribution in [-0.4, -0.2) is 55.1 Å². The van der Waals surface area contributed by atoms with Gasteiger partial charge >= 0.3 is 0 Å². The molecular weight excluding hydrogens is 452 g/mol. The molecule has 0 N–H and O–H groups in total. The van der Waals surface area contributed by atoms with Gasteiger partial charge in [-0.15, -0.1) is 0 Å². The van der Waals surface area contributed by atoms with E-state index in [1.165, 1.54) is 5.69 Å². The van der Waals surface area contributed by atoms with Gasteiger partial charge in [-0.3, -0.25) is 19.1 Å². The second-order valence-electron chi connectivity index (χ2n) is 9.72. The minimum absolute atomic E-state index is 0.0953. The van der Waals surface area contributed by atoms with Gasteiger partial charge in [-0.1, -0.05) is 12.7 Å². The summed E-state index contributed by atoms with van der Waals surface area (Å²) < 4.78 is 9.63. The van der Waals surface area contributed by atoms with Gasteiger partial charge in [0.15, 0.2) is 0 Å². The average Bonchev–Trinajstić information content (AvgIpc) is 3.51. The Balaban J connectivity index is 1.54. The van der Waals surface area contributed by atoms with Gasteiger partial charge in [-0.25, -0.2) is 0 Å². The molecule has 0 unspecified atom stereocenters. The van der Waals surface area contributed by atoms with Crippen LogP contribution < -0.4 is 0 Å². The molecule has 5 heterocycles. The van der Waals surface area contributed by atoms with Gasteiger partial charge in [0.2, 0.25) is 5.91 Å². The number of ether oxygens (including phenoxy) is 1. The van der Waals surface area contributed by atoms with Gasteiger partial charge in [-0.05, 0) is 42.0 Å². The van der Waals surface area contributed by atoms with E-state index in [-0.39, 0.29) is 5.91 Å². The number of aromatic nitrogens is 5. The molecule has 0 saturated carbocycles. The zero-order valence-corrected chi connectivity index (χ0v) is 20.8. The highest BCUT2D eigenvalue weighted by molar-refractivity contribution is 5.99. The Morgan fingerprint density at radius 3 is 2.75 bits per heavy atom. The van der Waals surface area contributed by atoms with Crippen LogP contribution in [0.2, 0.25) is 0 Å². The van der Waals surface area contributed by atoms with Crippen LogP contribution in [0.5, 0.6) is 0 Å². The Bertz CT molecular complexity index is 1480. The molecular formula is C28H30N6O2. The molecule has 0 bridgehead atoms. The first-order valence-electron chi connectivity index (χ1n) is 12.5. The van der Waals surface area contributed by atoms with Crippen molar-refractivity contribution in [3.63, 3.8) is 0 Å². The Labute approximate surface area is 210 Å². The zero-order valence-electron chi connectivity index (χ0n) is 20.8. The van der Waals surface area contributed by atoms with Crippen LogP contribution in [-0.2, 0) is 29.5 Å². The SMILES string of the molecule is C=Cc1cc(-c2nn(C3CCOCC3)c3c2CN(C(C)=O)CC3)c2cnc(-c3cnn(C)c3)cc2c1. The molecule has 36 heavy (non-hydrogen) atoms. The summed E-state index contributed by atoms with van der Waals surface area (Å²) in [5.74, 6) is 0.0953. The Morgan fingerprint density at radius 2 is 2.03 bits per heavy atom. The van der Waals surface area contributed by atoms with Gasteiger partial charge in [0.1, 0.15) is 0 Å². The van der Waals surface area contributed by atoms with Crippen molar-refractivity contribution in [1.82, 2.24) is 29.4 Å². The number of hydrogen-bond donors (Lipinski definition) is 0. The lowest BCUT2D eigenvalue weighted by molar-refractivity contribution is -0.129. The molecule has 2 aliphatic heterocycles. The largest absolute Gasteiger partial charge is 0.381 e. The molecule has 4 aromatic rings. The monoisotopic (exact) mass is 482 g/mol. The number of carbonyl (C=O) groups is 1. The number of pyridine rings is 1. The van der Waals surface area contributed by atoms with Crippen LogP contribution in [0.1, 0.15) is 42.6 Å². The number of nitrogens with zero attached hydrogens (tertiary/aromatic N) is 6. The first kappa shape index (κ1) is 22.7. The predicted molar refractivity (Wildman–Crippen MR) is 139 cm³/mol. The Morgan fingerprint density at radius 1 is 1.19 bits per heavy atom. The highest BCUT2D eigenvalue weighted by Gasteiger charge is 2.30. The summed E-state index contributed by atoms with van der Waals surface area (Å²) in [6, 6.07) is 6.70. The molecule has 6 rings (SSSR count). The number of benzene rings is 1. The van der Waals surface area contributed by atoms with Crippen molar-refractivity contribution in [2.45, 2.75) is 38.8 Å². The van der Waals surface area contributed by atoms with Crippen molar-refractivity contribution in [1.29, 1.82) is 0 Å². The topological polar surface area (TPSA) is 78.1 Å². The molecule has 3 aromatic heterocycles. The lowest BCUT2D eigenvalue weighted by Crippen LogP contribution is -2.35. The molecule has 1 aromatic carbocycles. The first-order valence-corrected chi connectivity index (χ1v) is 12.5. The second-order valence-corrected chi connectivity index (χ2v) is 9.72. The molecule has 1 fully saturated rings. The lowest BCUT2D eigenvalue weighted by Gasteiger charge is -2.29. The zero-order chi connectivity index (χ0) is 24.8. The molecule has 0 aliphatic carbocycles. The van der Waals surface area contributed by atoms with Gasteiger partial charge in [0.25, 0.3) is 0 Å². The third-order valence-electron chi connectivity index (χ3n) is 7.42. The maximum absolute atomic E-state index is 12.3. The van der Waals surface area contributed by atoms with E-state index in [4.69, 9.17) is 14.8 Å². The molecule has 8 nitrogen and oxygen atoms in total. The molecule has 8 heteroatoms. The number of fused-ring (bicyclic) bond motifs is 2. The van der Waals surface area contributed by atoms with Crippen molar-refractivity contribution >= 4 is 22.8 Å². The van der Waals surface area contributed by atoms with E-state index in [2.05, 4.69) is 34.6 Å². The van der Waals surface area contributed by atoms with Crippen molar-refractivity contribution < 1.29 is 9.53 Å². The van der Waals surface area contributed by atoms with Crippen molar-refractivity contribution in [2.24, 2.45) is 7.05 Å². The maximum Gasteiger partial charge on any atom is 0.219 e. The van der Waals surface area contributed by atoms with Crippen LogP contribution in [0.4, 0.5) is 0 Å². The summed E-state index contributed by atoms with van der Waals surface area (Å²) in [5.41, 5.74) is 7.22. The van der Waals surface area contributed by atoms with E-state index in [0.717, 1.165) is 83.4 Å². The van der Waals surface area contributed by atoms with E-state index in [9.17, 15) is 4.79 Å². The van der Waals surface area contributed by atoms with Gasteiger partial charge < -0.3 is 9.64 Å². The van der Waals surface area contributed by atoms with E-state index >= 15 is 0 Å². The third-order valence-corrected chi connectivity index (χ3v) is 7.42. The van der Waals surface area contributed by atoms with Gasteiger partial charge in [-0.2, -0.15) is 10.2 Å². The number of rotatable bonds is 4. The fourth-order valence-electron chi connectivity index (χ4n) is 5.47. The van der Waals surface area contributed by atoms with E-state index in [0.29, 0.717) is 12.6 Å². The summed E-state index contributed by atoms with van der Waals surface area (Å²) in [5, 5.41) is 11.6. The standard InChI is InChI=1S/C28H30N6O2/c1-4-19-11-20-13-26(21-14-30-32(3)16-21)29-15-24(20)23(12-19)28-25-17-33(18(2)35)8-5-27(25)34(31-28)22-6-9-36-10-7-22/h4,11-16,22H,1,5-10,17H2,2-3H3. The smallest absolute Gasteiger partial charge is 0.219 e. The Hall–Kier alpha value is -3.78. The summed E-state index contributed by atoms with van der Waals surface area (Å²) in [6.45, 7) is 8.48. The lowest BCUT2D eigenvalue weighted by atomic mass is 9.94. The summed E-state index contributed by atoms with van der Waals surface area (Å²) in [7, 11) is 1.90. The number of aryl methyl sites for hydroxylation is 1. The number of amides is 1. The normalized spacial score (nSPS) is 16.3. The molecule has 0 radical (unpaired) electrons. The number of hydrogen-bond acceptors (Lipinski definition) is 5. The molecule has 2 aliphatic rings. The minimum atomic E-state index is 0.0953. The van der Waals surface area contributed by atoms with Crippen LogP contribution in [0.15, 0.2) is 43.4 Å². The van der Waals surface area contributed by atoms with Gasteiger partial charge in [0, 0.05) is 86.9 Å². The fourth-order valence-corrected chi connectivity index (χ4v) is 5.47. The maximum atomic E-state index is 12.3. The van der Waals surface area contributed by atoms with Gasteiger partial charge in [0.05, 0.1) is 23.6 Å². The molecule has 184 valence electrons. The minimum Gasteiger partial charge on any atom is -0.381 e. The molecule has 0 spiro atoms. The van der Waals surface area contributed by atoms with Crippen molar-refractivity contribution in [3.8, 4) is 22.5 Å². The average molecular weight is 483 g/mol. The Kier molecular flexibility index (Phi) is 5.68. The summed E-state index contributed by atoms with van der Waals surface area (Å²) in [6.07, 6.45) is 10.3. The fraction of sp³-hybridized carbons (Fsp3) is 0.357. The molecule has 0 atom stereocenters. The van der Waals surface area contributed by atoms with E-state index < -0.39 is 0 Å². The highest BCUT2D eigenvalue weighted by atomic mass is 16.5. The van der Waals surface area contributed by atoms with Crippen molar-refractivity contribution in [2.75, 3.05) is 19.8 Å². The second kappa shape index (κ2) is 9.02. The van der Waals surface area contributed by atoms with Crippen molar-refractivity contribution in [3.05, 3.63) is 60.2 Å². The van der Waals surface area contributed by atoms with E-state index in [1.807, 2.05) is 36.6 Å². The highest BCUT2D eigenvalue weighted by Crippen LogP contribution is 2.38. The van der Waals surface area contributed by atoms with Crippen LogP contribution in [0.3, 0.4) is 0 Å². The van der Waals surface area contributed by atoms with Crippen LogP contribution in [0, 0.1) is 0 Å². The summed E-state index contributed by atoms with van der Waals surface area (Å²) in [4.78, 5) is 19.0. The first-order chi connectivity index (χ1) is 17.5. The van der Waals surface area contributed by atoms with E-state index in [1.54, 1.807) is 11.6 Å². The molecule has 1 amide bonds. The number of carbonyl (C=O) groups excluding carboxylic acids is 1. The summed E-state index contributed by atoms with van der Waals surface area (Å²) >= 11 is 0. The molecule has 1 saturated heterocycles.